The minimum Gasteiger partial charge on any atom is -0.513 e. The zero-order chi connectivity index (χ0) is 15.7. The third kappa shape index (κ3) is 5.13. The molecule has 0 N–H and O–H groups in total. The monoisotopic (exact) mass is 300 g/mol. The average Bonchev–Trinajstić information content (AvgIpc) is 2.25. The molecule has 110 valence electrons. The van der Waals surface area contributed by atoms with Crippen LogP contribution in [0.4, 0.5) is 4.79 Å². The molecule has 0 spiro atoms. The van der Waals surface area contributed by atoms with Crippen LogP contribution < -0.4 is 39.4 Å². The van der Waals surface area contributed by atoms with Crippen molar-refractivity contribution in [3.8, 4) is 5.75 Å². The molecule has 1 rings (SSSR count). The average molecular weight is 300 g/mol. The van der Waals surface area contributed by atoms with Gasteiger partial charge >= 0.3 is 29.6 Å². The van der Waals surface area contributed by atoms with E-state index in [0.29, 0.717) is 11.8 Å². The van der Waals surface area contributed by atoms with Gasteiger partial charge in [-0.1, -0.05) is 47.6 Å². The zero-order valence-corrected chi connectivity index (χ0v) is 15.9. The van der Waals surface area contributed by atoms with E-state index < -0.39 is 6.16 Å². The van der Waals surface area contributed by atoms with E-state index in [0.717, 1.165) is 5.56 Å². The Morgan fingerprint density at radius 1 is 1.10 bits per heavy atom. The van der Waals surface area contributed by atoms with Crippen molar-refractivity contribution in [1.82, 2.24) is 0 Å². The molecule has 0 aromatic heterocycles. The molecule has 4 nitrogen and oxygen atoms in total. The summed E-state index contributed by atoms with van der Waals surface area (Å²) < 4.78 is 4.74. The maximum Gasteiger partial charge on any atom is 1.00 e. The van der Waals surface area contributed by atoms with E-state index in [4.69, 9.17) is 4.74 Å². The standard InChI is InChI=1S/C16H22O4.Na/c1-15(2,3)11-7-10(9-17)13(20-14(18)19)12(8-11)16(4,5)6;/h7-9H,1-6H3,(H,18,19);/q;+1/p-1. The molecule has 0 amide bonds. The number of benzene rings is 1. The summed E-state index contributed by atoms with van der Waals surface area (Å²) >= 11 is 0. The van der Waals surface area contributed by atoms with Gasteiger partial charge in [0.25, 0.3) is 6.16 Å². The van der Waals surface area contributed by atoms with Gasteiger partial charge in [-0.2, -0.15) is 0 Å². The van der Waals surface area contributed by atoms with Crippen LogP contribution in [0.15, 0.2) is 12.1 Å². The summed E-state index contributed by atoms with van der Waals surface area (Å²) in [6.07, 6.45) is -1.05. The first-order valence-corrected chi connectivity index (χ1v) is 6.50. The van der Waals surface area contributed by atoms with E-state index in [1.54, 1.807) is 6.07 Å². The first-order valence-electron chi connectivity index (χ1n) is 6.50. The number of hydrogen-bond donors (Lipinski definition) is 0. The summed E-state index contributed by atoms with van der Waals surface area (Å²) in [7, 11) is 0. The van der Waals surface area contributed by atoms with Crippen molar-refractivity contribution in [2.24, 2.45) is 0 Å². The quantitative estimate of drug-likeness (QED) is 0.329. The Bertz CT molecular complexity index is 536. The summed E-state index contributed by atoms with van der Waals surface area (Å²) in [5.41, 5.74) is 1.35. The summed E-state index contributed by atoms with van der Waals surface area (Å²) in [5, 5.41) is 10.7. The van der Waals surface area contributed by atoms with Crippen LogP contribution in [-0.2, 0) is 10.8 Å². The van der Waals surface area contributed by atoms with Crippen LogP contribution in [0.3, 0.4) is 0 Å². The van der Waals surface area contributed by atoms with Crippen LogP contribution in [0.25, 0.3) is 0 Å². The fourth-order valence-electron chi connectivity index (χ4n) is 1.93. The molecular formula is C16H21NaO4. The fraction of sp³-hybridized carbons (Fsp3) is 0.500. The predicted octanol–water partition coefficient (Wildman–Crippen LogP) is -0.180. The van der Waals surface area contributed by atoms with E-state index in [1.807, 2.05) is 47.6 Å². The largest absolute Gasteiger partial charge is 1.00 e. The van der Waals surface area contributed by atoms with Crippen LogP contribution in [0.5, 0.6) is 5.75 Å². The van der Waals surface area contributed by atoms with Crippen LogP contribution in [0, 0.1) is 0 Å². The van der Waals surface area contributed by atoms with Gasteiger partial charge in [-0.05, 0) is 28.0 Å². The summed E-state index contributed by atoms with van der Waals surface area (Å²) in [4.78, 5) is 22.0. The normalized spacial score (nSPS) is 11.5. The Morgan fingerprint density at radius 3 is 1.95 bits per heavy atom. The molecule has 0 unspecified atom stereocenters. The van der Waals surface area contributed by atoms with Gasteiger partial charge < -0.3 is 14.6 Å². The second-order valence-corrected chi connectivity index (χ2v) is 6.91. The predicted molar refractivity (Wildman–Crippen MR) is 75.3 cm³/mol. The number of carboxylic acid groups (broad SMARTS) is 1. The van der Waals surface area contributed by atoms with Gasteiger partial charge in [0.2, 0.25) is 0 Å². The van der Waals surface area contributed by atoms with Crippen molar-refractivity contribution in [1.29, 1.82) is 0 Å². The minimum absolute atomic E-state index is 0. The van der Waals surface area contributed by atoms with Gasteiger partial charge in [0.05, 0.1) is 5.75 Å². The molecule has 1 aromatic rings. The van der Waals surface area contributed by atoms with Gasteiger partial charge in [0.1, 0.15) is 0 Å². The van der Waals surface area contributed by atoms with Crippen LogP contribution in [-0.4, -0.2) is 12.4 Å². The second-order valence-electron chi connectivity index (χ2n) is 6.91. The van der Waals surface area contributed by atoms with E-state index in [1.165, 1.54) is 0 Å². The molecule has 21 heavy (non-hydrogen) atoms. The molecule has 0 heterocycles. The van der Waals surface area contributed by atoms with Crippen molar-refractivity contribution in [3.05, 3.63) is 28.8 Å². The molecular weight excluding hydrogens is 279 g/mol. The third-order valence-corrected chi connectivity index (χ3v) is 3.10. The Morgan fingerprint density at radius 2 is 1.62 bits per heavy atom. The Balaban J connectivity index is 0.00000400. The van der Waals surface area contributed by atoms with Crippen LogP contribution in [0.2, 0.25) is 0 Å². The van der Waals surface area contributed by atoms with Gasteiger partial charge in [-0.3, -0.25) is 4.79 Å². The van der Waals surface area contributed by atoms with Gasteiger partial charge in [0, 0.05) is 5.56 Å². The maximum atomic E-state index is 11.3. The summed E-state index contributed by atoms with van der Waals surface area (Å²) in [6.45, 7) is 11.9. The van der Waals surface area contributed by atoms with Gasteiger partial charge in [0.15, 0.2) is 6.29 Å². The van der Waals surface area contributed by atoms with Crippen LogP contribution >= 0.6 is 0 Å². The smallest absolute Gasteiger partial charge is 0.513 e. The second kappa shape index (κ2) is 6.95. The Hall–Kier alpha value is -0.840. The molecule has 0 aliphatic carbocycles. The molecule has 0 bridgehead atoms. The van der Waals surface area contributed by atoms with Crippen LogP contribution in [0.1, 0.15) is 63.0 Å². The number of carbonyl (C=O) groups is 2. The number of ether oxygens (including phenoxy) is 1. The van der Waals surface area contributed by atoms with Gasteiger partial charge in [-0.15, -0.1) is 0 Å². The number of hydrogen-bond acceptors (Lipinski definition) is 4. The van der Waals surface area contributed by atoms with Gasteiger partial charge in [-0.25, -0.2) is 0 Å². The van der Waals surface area contributed by atoms with Crippen molar-refractivity contribution >= 4 is 12.4 Å². The first-order chi connectivity index (χ1) is 8.96. The number of aldehydes is 1. The summed E-state index contributed by atoms with van der Waals surface area (Å²) in [6, 6.07) is 3.56. The Kier molecular flexibility index (Phi) is 6.67. The maximum absolute atomic E-state index is 11.3. The summed E-state index contributed by atoms with van der Waals surface area (Å²) in [5.74, 6) is 0.0699. The van der Waals surface area contributed by atoms with E-state index >= 15 is 0 Å². The molecule has 0 fully saturated rings. The van der Waals surface area contributed by atoms with E-state index in [2.05, 4.69) is 0 Å². The molecule has 0 aliphatic rings. The van der Waals surface area contributed by atoms with Crippen molar-refractivity contribution < 1.29 is 49.0 Å². The molecule has 0 radical (unpaired) electrons. The number of carbonyl (C=O) groups excluding carboxylic acids is 2. The third-order valence-electron chi connectivity index (χ3n) is 3.10. The SMILES string of the molecule is CC(C)(C)c1cc(C=O)c(OC(=O)[O-])c(C(C)(C)C)c1.[Na+]. The minimum atomic E-state index is -1.66. The molecule has 5 heteroatoms. The van der Waals surface area contributed by atoms with E-state index in [9.17, 15) is 14.7 Å². The van der Waals surface area contributed by atoms with E-state index in [-0.39, 0.29) is 51.7 Å². The van der Waals surface area contributed by atoms with Crippen molar-refractivity contribution in [2.45, 2.75) is 52.4 Å². The fourth-order valence-corrected chi connectivity index (χ4v) is 1.93. The zero-order valence-electron chi connectivity index (χ0n) is 13.9. The first kappa shape index (κ1) is 20.2. The molecule has 0 saturated carbocycles. The topological polar surface area (TPSA) is 66.4 Å². The molecule has 0 atom stereocenters. The number of rotatable bonds is 2. The molecule has 0 aliphatic heterocycles. The molecule has 0 saturated heterocycles. The van der Waals surface area contributed by atoms with Crippen molar-refractivity contribution in [2.75, 3.05) is 0 Å². The van der Waals surface area contributed by atoms with Crippen molar-refractivity contribution in [3.63, 3.8) is 0 Å². The molecule has 1 aromatic carbocycles. The Labute approximate surface area is 148 Å².